The summed E-state index contributed by atoms with van der Waals surface area (Å²) in [5.74, 6) is -3.12. The van der Waals surface area contributed by atoms with Crippen molar-refractivity contribution >= 4 is 28.7 Å². The summed E-state index contributed by atoms with van der Waals surface area (Å²) in [5.41, 5.74) is 3.63. The van der Waals surface area contributed by atoms with Gasteiger partial charge in [0.15, 0.2) is 23.2 Å². The fourth-order valence-electron chi connectivity index (χ4n) is 5.05. The number of esters is 3. The van der Waals surface area contributed by atoms with E-state index < -0.39 is 69.0 Å². The van der Waals surface area contributed by atoms with Crippen molar-refractivity contribution in [2.75, 3.05) is 0 Å². The smallest absolute Gasteiger partial charge is 0.384 e. The first-order valence-corrected chi connectivity index (χ1v) is 10.7. The second-order valence-electron chi connectivity index (χ2n) is 8.64. The molecule has 0 unspecified atom stereocenters. The number of carbonyl (C=O) groups excluding carboxylic acids is 3. The van der Waals surface area contributed by atoms with Crippen LogP contribution < -0.4 is 16.2 Å². The number of aliphatic hydroxyl groups excluding tert-OH is 1. The third-order valence-electron chi connectivity index (χ3n) is 6.25. The van der Waals surface area contributed by atoms with E-state index in [9.17, 15) is 34.2 Å². The van der Waals surface area contributed by atoms with Crippen molar-refractivity contribution in [2.24, 2.45) is 0 Å². The van der Waals surface area contributed by atoms with Crippen molar-refractivity contribution in [1.29, 1.82) is 5.53 Å². The van der Waals surface area contributed by atoms with Crippen LogP contribution in [-0.2, 0) is 28.6 Å². The number of benzene rings is 1. The fourth-order valence-corrected chi connectivity index (χ4v) is 5.05. The Kier molecular flexibility index (Phi) is 5.74. The van der Waals surface area contributed by atoms with Crippen molar-refractivity contribution in [1.82, 2.24) is 0 Å². The molecule has 1 aromatic rings. The molecule has 0 bridgehead atoms. The molecule has 0 heterocycles. The lowest BCUT2D eigenvalue weighted by atomic mass is 9.75. The molecule has 0 spiro atoms. The molecule has 12 nitrogen and oxygen atoms in total. The van der Waals surface area contributed by atoms with Crippen LogP contribution in [0.2, 0.25) is 0 Å². The van der Waals surface area contributed by atoms with E-state index in [1.54, 1.807) is 0 Å². The van der Waals surface area contributed by atoms with Gasteiger partial charge in [0.1, 0.15) is 17.1 Å². The van der Waals surface area contributed by atoms with Crippen LogP contribution in [0.5, 0.6) is 5.75 Å². The molecule has 0 saturated heterocycles. The quantitative estimate of drug-likeness (QED) is 0.191. The summed E-state index contributed by atoms with van der Waals surface area (Å²) < 4.78 is 16.2. The number of aromatic hydroxyl groups is 1. The van der Waals surface area contributed by atoms with Gasteiger partial charge in [0.25, 0.3) is 0 Å². The minimum Gasteiger partial charge on any atom is -0.507 e. The van der Waals surface area contributed by atoms with E-state index in [0.717, 1.165) is 20.8 Å². The van der Waals surface area contributed by atoms with Crippen LogP contribution in [0.4, 0.5) is 0 Å². The predicted molar refractivity (Wildman–Crippen MR) is 117 cm³/mol. The Morgan fingerprint density at radius 1 is 0.972 bits per heavy atom. The highest BCUT2D eigenvalue weighted by atomic mass is 16.6. The topological polar surface area (TPSA) is 191 Å². The van der Waals surface area contributed by atoms with Gasteiger partial charge in [0.05, 0.1) is 21.3 Å². The van der Waals surface area contributed by atoms with E-state index in [2.05, 4.69) is 4.79 Å². The number of ether oxygens (including phenoxy) is 3. The summed E-state index contributed by atoms with van der Waals surface area (Å²) in [4.78, 5) is 66.6. The molecule has 3 aliphatic rings. The molecule has 0 aromatic heterocycles. The van der Waals surface area contributed by atoms with Gasteiger partial charge in [-0.3, -0.25) is 24.0 Å². The largest absolute Gasteiger partial charge is 0.507 e. The molecule has 36 heavy (non-hydrogen) atoms. The summed E-state index contributed by atoms with van der Waals surface area (Å²) in [5, 5.41) is 20.1. The minimum absolute atomic E-state index is 0.162. The Balaban J connectivity index is 2.31. The summed E-state index contributed by atoms with van der Waals surface area (Å²) >= 11 is 0. The number of nitrogens with zero attached hydrogens (tertiary/aromatic N) is 1. The summed E-state index contributed by atoms with van der Waals surface area (Å²) in [6, 6.07) is 3.87. The molecular weight excluding hydrogens is 476 g/mol. The first-order valence-electron chi connectivity index (χ1n) is 10.7. The maximum Gasteiger partial charge on any atom is 0.384 e. The normalized spacial score (nSPS) is 23.1. The molecule has 1 aromatic carbocycles. The number of hydrogen-bond donors (Lipinski definition) is 3. The number of hydrogen-bond acceptors (Lipinski definition) is 11. The lowest BCUT2D eigenvalue weighted by molar-refractivity contribution is -0.232. The molecule has 186 valence electrons. The molecule has 0 saturated carbocycles. The van der Waals surface area contributed by atoms with Gasteiger partial charge in [-0.05, 0) is 13.0 Å². The van der Waals surface area contributed by atoms with Crippen molar-refractivity contribution in [2.45, 2.75) is 51.6 Å². The Hall–Kier alpha value is -4.41. The van der Waals surface area contributed by atoms with Crippen LogP contribution in [-0.4, -0.2) is 44.6 Å². The maximum absolute atomic E-state index is 13.6. The van der Waals surface area contributed by atoms with Crippen LogP contribution in [0.15, 0.2) is 27.8 Å². The van der Waals surface area contributed by atoms with Crippen LogP contribution in [0.1, 0.15) is 51.0 Å². The molecule has 0 amide bonds. The Morgan fingerprint density at radius 3 is 2.17 bits per heavy atom. The zero-order chi connectivity index (χ0) is 26.7. The van der Waals surface area contributed by atoms with Gasteiger partial charge in [0.2, 0.25) is 5.43 Å². The number of phenolic OH excluding ortho intramolecular Hbond substituents is 1. The molecule has 3 aliphatic carbocycles. The molecule has 0 fully saturated rings. The molecule has 4 atom stereocenters. The summed E-state index contributed by atoms with van der Waals surface area (Å²) in [7, 11) is 0. The summed E-state index contributed by atoms with van der Waals surface area (Å²) in [6.45, 7) is 4.37. The van der Waals surface area contributed by atoms with E-state index >= 15 is 0 Å². The van der Waals surface area contributed by atoms with Crippen molar-refractivity contribution in [3.63, 3.8) is 0 Å². The third kappa shape index (κ3) is 3.38. The Morgan fingerprint density at radius 2 is 1.61 bits per heavy atom. The van der Waals surface area contributed by atoms with Crippen molar-refractivity contribution < 1.29 is 43.6 Å². The number of phenols is 1. The van der Waals surface area contributed by atoms with E-state index in [1.165, 1.54) is 25.1 Å². The molecular formula is C24H21N2O10+. The zero-order valence-electron chi connectivity index (χ0n) is 19.6. The fraction of sp³-hybridized carbons (Fsp3) is 0.333. The maximum atomic E-state index is 13.6. The van der Waals surface area contributed by atoms with Crippen LogP contribution >= 0.6 is 0 Å². The Labute approximate surface area is 201 Å². The number of rotatable bonds is 3. The van der Waals surface area contributed by atoms with Crippen LogP contribution in [0, 0.1) is 16.0 Å². The molecule has 4 rings (SSSR count). The summed E-state index contributed by atoms with van der Waals surface area (Å²) in [6.07, 6.45) is -5.19. The highest BCUT2D eigenvalue weighted by molar-refractivity contribution is 5.88. The van der Waals surface area contributed by atoms with Gasteiger partial charge in [-0.15, -0.1) is 0 Å². The zero-order valence-corrected chi connectivity index (χ0v) is 19.6. The lowest BCUT2D eigenvalue weighted by Crippen LogP contribution is -2.57. The van der Waals surface area contributed by atoms with Gasteiger partial charge >= 0.3 is 23.3 Å². The van der Waals surface area contributed by atoms with E-state index in [1.807, 2.05) is 0 Å². The van der Waals surface area contributed by atoms with Crippen molar-refractivity contribution in [3.8, 4) is 5.75 Å². The minimum atomic E-state index is -2.05. The van der Waals surface area contributed by atoms with E-state index in [0.29, 0.717) is 0 Å². The molecule has 3 N–H and O–H groups in total. The SMILES string of the molecule is CC(=O)O[C@@H]1c2c(c3c(=O)c4cccc(O)c4c(=O)c=3c2=[N+]=N)[C@H](O)[C@@H](OC(C)=O)[C@]1(C)OC(C)=O. The Bertz CT molecular complexity index is 1710. The number of nitrogens with one attached hydrogen (secondary N) is 1. The third-order valence-corrected chi connectivity index (χ3v) is 6.25. The number of aliphatic hydroxyl groups is 1. The average Bonchev–Trinajstić information content (AvgIpc) is 3.12. The van der Waals surface area contributed by atoms with Gasteiger partial charge < -0.3 is 24.4 Å². The molecule has 0 radical (unpaired) electrons. The second kappa shape index (κ2) is 8.36. The van der Waals surface area contributed by atoms with Crippen molar-refractivity contribution in [3.05, 3.63) is 65.6 Å². The number of carbonyl (C=O) groups is 3. The second-order valence-corrected chi connectivity index (χ2v) is 8.64. The lowest BCUT2D eigenvalue weighted by Gasteiger charge is -2.45. The van der Waals surface area contributed by atoms with Gasteiger partial charge in [0, 0.05) is 36.9 Å². The predicted octanol–water partition coefficient (Wildman–Crippen LogP) is -0.0893. The first-order chi connectivity index (χ1) is 16.8. The highest BCUT2D eigenvalue weighted by Crippen LogP contribution is 2.48. The van der Waals surface area contributed by atoms with E-state index in [-0.39, 0.29) is 27.1 Å². The van der Waals surface area contributed by atoms with Gasteiger partial charge in [-0.2, -0.15) is 0 Å². The van der Waals surface area contributed by atoms with Gasteiger partial charge in [-0.25, -0.2) is 0 Å². The first kappa shape index (κ1) is 24.7. The highest BCUT2D eigenvalue weighted by Gasteiger charge is 2.60. The van der Waals surface area contributed by atoms with Crippen LogP contribution in [0.3, 0.4) is 0 Å². The average molecular weight is 497 g/mol. The van der Waals surface area contributed by atoms with Gasteiger partial charge in [-0.1, -0.05) is 12.1 Å². The van der Waals surface area contributed by atoms with Crippen LogP contribution in [0.25, 0.3) is 10.8 Å². The molecule has 0 aliphatic heterocycles. The monoisotopic (exact) mass is 497 g/mol. The number of fused-ring (bicyclic) bond motifs is 3. The molecule has 12 heteroatoms. The van der Waals surface area contributed by atoms with E-state index in [4.69, 9.17) is 19.7 Å². The standard InChI is InChI=1S/C24H20N2O10/c1-8(27)34-22-17-15(21(33)23(35-9(2)28)24(22,4)36-10(3)29)14-16(18(17)26-25)20(32)13-11(19(14)31)6-5-7-12(13)30/h5-7,21-23,25,33H,1-4H3/p+1/t21-,22+,23+,24+/m0/s1.